The van der Waals surface area contributed by atoms with E-state index in [0.29, 0.717) is 26.1 Å². The smallest absolute Gasteiger partial charge is 0.444 e. The second kappa shape index (κ2) is 5.71. The quantitative estimate of drug-likeness (QED) is 0.828. The number of likely N-dealkylation sites (tertiary alicyclic amines) is 1. The number of anilines is 1. The first-order chi connectivity index (χ1) is 11.5. The number of benzene rings is 1. The maximum atomic E-state index is 12.5. The molecule has 5 nitrogen and oxygen atoms in total. The number of halogens is 3. The van der Waals surface area contributed by atoms with Crippen LogP contribution in [0.3, 0.4) is 0 Å². The maximum Gasteiger partial charge on any atom is 0.573 e. The average Bonchev–Trinajstić information content (AvgIpc) is 3.02. The molecule has 3 rings (SSSR count). The van der Waals surface area contributed by atoms with Crippen molar-refractivity contribution in [2.45, 2.75) is 44.6 Å². The van der Waals surface area contributed by atoms with E-state index in [-0.39, 0.29) is 5.75 Å². The van der Waals surface area contributed by atoms with E-state index < -0.39 is 23.5 Å². The fourth-order valence-corrected chi connectivity index (χ4v) is 3.39. The molecular formula is C17H21F3N2O3. The van der Waals surface area contributed by atoms with E-state index >= 15 is 0 Å². The molecule has 25 heavy (non-hydrogen) atoms. The van der Waals surface area contributed by atoms with Crippen LogP contribution in [0.4, 0.5) is 23.7 Å². The lowest BCUT2D eigenvalue weighted by Crippen LogP contribution is -2.38. The van der Waals surface area contributed by atoms with Crippen LogP contribution in [0.2, 0.25) is 0 Å². The van der Waals surface area contributed by atoms with Gasteiger partial charge in [0, 0.05) is 30.7 Å². The van der Waals surface area contributed by atoms with Gasteiger partial charge in [0.1, 0.15) is 11.4 Å². The number of carbonyl (C=O) groups is 1. The number of nitrogens with zero attached hydrogens (tertiary/aromatic N) is 1. The third kappa shape index (κ3) is 3.77. The van der Waals surface area contributed by atoms with E-state index in [0.717, 1.165) is 11.3 Å². The van der Waals surface area contributed by atoms with E-state index in [9.17, 15) is 18.0 Å². The van der Waals surface area contributed by atoms with Crippen molar-refractivity contribution in [1.82, 2.24) is 4.90 Å². The Morgan fingerprint density at radius 3 is 2.64 bits per heavy atom. The Hall–Kier alpha value is -2.12. The monoisotopic (exact) mass is 358 g/mol. The second-order valence-electron chi connectivity index (χ2n) is 7.54. The lowest BCUT2D eigenvalue weighted by atomic mass is 9.81. The van der Waals surface area contributed by atoms with E-state index in [1.165, 1.54) is 12.1 Å². The van der Waals surface area contributed by atoms with Gasteiger partial charge in [-0.2, -0.15) is 0 Å². The Labute approximate surface area is 144 Å². The predicted octanol–water partition coefficient (Wildman–Crippen LogP) is 3.89. The van der Waals surface area contributed by atoms with Crippen LogP contribution in [0.5, 0.6) is 5.75 Å². The molecule has 1 saturated heterocycles. The van der Waals surface area contributed by atoms with Crippen LogP contribution in [0.15, 0.2) is 18.2 Å². The van der Waals surface area contributed by atoms with Gasteiger partial charge in [-0.05, 0) is 51.0 Å². The van der Waals surface area contributed by atoms with Crippen LogP contribution in [-0.2, 0) is 10.2 Å². The molecule has 0 radical (unpaired) electrons. The zero-order valence-electron chi connectivity index (χ0n) is 14.4. The van der Waals surface area contributed by atoms with Crippen LogP contribution in [0.1, 0.15) is 32.8 Å². The van der Waals surface area contributed by atoms with Gasteiger partial charge < -0.3 is 19.7 Å². The number of hydrogen-bond acceptors (Lipinski definition) is 4. The number of hydrogen-bond donors (Lipinski definition) is 1. The fraction of sp³-hybridized carbons (Fsp3) is 0.588. The van der Waals surface area contributed by atoms with Gasteiger partial charge in [0.2, 0.25) is 0 Å². The van der Waals surface area contributed by atoms with Crippen LogP contribution in [0.25, 0.3) is 0 Å². The summed E-state index contributed by atoms with van der Waals surface area (Å²) in [6.07, 6.45) is -4.48. The minimum Gasteiger partial charge on any atom is -0.444 e. The number of rotatable bonds is 1. The minimum absolute atomic E-state index is 0.245. The summed E-state index contributed by atoms with van der Waals surface area (Å²) in [7, 11) is 0. The normalized spacial score (nSPS) is 22.7. The summed E-state index contributed by atoms with van der Waals surface area (Å²) in [6.45, 7) is 6.85. The summed E-state index contributed by atoms with van der Waals surface area (Å²) in [6, 6.07) is 4.29. The van der Waals surface area contributed by atoms with Crippen molar-refractivity contribution in [3.05, 3.63) is 23.8 Å². The molecule has 8 heteroatoms. The Bertz CT molecular complexity index is 685. The van der Waals surface area contributed by atoms with Gasteiger partial charge >= 0.3 is 12.5 Å². The average molecular weight is 358 g/mol. The van der Waals surface area contributed by atoms with Gasteiger partial charge in [-0.15, -0.1) is 13.2 Å². The third-order valence-corrected chi connectivity index (χ3v) is 4.42. The van der Waals surface area contributed by atoms with Crippen LogP contribution in [0, 0.1) is 0 Å². The standard InChI is InChI=1S/C17H21F3N2O3/c1-15(2,3)25-14(23)22-7-6-16(10-22)9-21-13-5-4-11(8-12(13)16)24-17(18,19)20/h4-5,8,21H,6-7,9-10H2,1-3H3. The Morgan fingerprint density at radius 2 is 2.00 bits per heavy atom. The Balaban J connectivity index is 1.80. The molecule has 1 N–H and O–H groups in total. The van der Waals surface area contributed by atoms with E-state index in [2.05, 4.69) is 10.1 Å². The summed E-state index contributed by atoms with van der Waals surface area (Å²) in [5.41, 5.74) is 0.518. The summed E-state index contributed by atoms with van der Waals surface area (Å²) in [4.78, 5) is 13.9. The summed E-state index contributed by atoms with van der Waals surface area (Å²) in [5.74, 6) is -0.245. The fourth-order valence-electron chi connectivity index (χ4n) is 3.39. The SMILES string of the molecule is CC(C)(C)OC(=O)N1CCC2(CNc3ccc(OC(F)(F)F)cc32)C1. The summed E-state index contributed by atoms with van der Waals surface area (Å²) < 4.78 is 46.9. The molecule has 1 aromatic rings. The van der Waals surface area contributed by atoms with Gasteiger partial charge in [0.25, 0.3) is 0 Å². The number of amides is 1. The lowest BCUT2D eigenvalue weighted by Gasteiger charge is -2.27. The molecule has 1 spiro atoms. The van der Waals surface area contributed by atoms with E-state index in [4.69, 9.17) is 4.74 Å². The molecular weight excluding hydrogens is 337 g/mol. The lowest BCUT2D eigenvalue weighted by molar-refractivity contribution is -0.274. The van der Waals surface area contributed by atoms with Gasteiger partial charge in [0.15, 0.2) is 0 Å². The van der Waals surface area contributed by atoms with E-state index in [1.807, 2.05) is 0 Å². The molecule has 138 valence electrons. The molecule has 1 unspecified atom stereocenters. The molecule has 2 aliphatic rings. The molecule has 0 saturated carbocycles. The second-order valence-corrected chi connectivity index (χ2v) is 7.54. The largest absolute Gasteiger partial charge is 0.573 e. The van der Waals surface area contributed by atoms with Crippen molar-refractivity contribution >= 4 is 11.8 Å². The van der Waals surface area contributed by atoms with Crippen LogP contribution < -0.4 is 10.1 Å². The van der Waals surface area contributed by atoms with Gasteiger partial charge in [0.05, 0.1) is 0 Å². The van der Waals surface area contributed by atoms with Crippen molar-refractivity contribution in [2.24, 2.45) is 0 Å². The van der Waals surface area contributed by atoms with Crippen molar-refractivity contribution in [3.8, 4) is 5.75 Å². The number of ether oxygens (including phenoxy) is 2. The maximum absolute atomic E-state index is 12.5. The zero-order valence-corrected chi connectivity index (χ0v) is 14.4. The molecule has 2 aliphatic heterocycles. The highest BCUT2D eigenvalue weighted by atomic mass is 19.4. The first-order valence-corrected chi connectivity index (χ1v) is 8.10. The van der Waals surface area contributed by atoms with Crippen molar-refractivity contribution in [2.75, 3.05) is 25.0 Å². The Morgan fingerprint density at radius 1 is 1.28 bits per heavy atom. The first kappa shape index (κ1) is 17.7. The highest BCUT2D eigenvalue weighted by Crippen LogP contribution is 2.45. The summed E-state index contributed by atoms with van der Waals surface area (Å²) in [5, 5.41) is 3.22. The molecule has 1 fully saturated rings. The van der Waals surface area contributed by atoms with E-state index in [1.54, 1.807) is 31.7 Å². The third-order valence-electron chi connectivity index (χ3n) is 4.42. The van der Waals surface area contributed by atoms with Crippen LogP contribution in [-0.4, -0.2) is 42.6 Å². The van der Waals surface area contributed by atoms with Crippen molar-refractivity contribution in [3.63, 3.8) is 0 Å². The molecule has 0 bridgehead atoms. The minimum atomic E-state index is -4.73. The molecule has 1 aromatic carbocycles. The molecule has 1 amide bonds. The molecule has 0 aromatic heterocycles. The van der Waals surface area contributed by atoms with Crippen molar-refractivity contribution < 1.29 is 27.4 Å². The summed E-state index contributed by atoms with van der Waals surface area (Å²) >= 11 is 0. The number of fused-ring (bicyclic) bond motifs is 2. The zero-order chi connectivity index (χ0) is 18.5. The van der Waals surface area contributed by atoms with Gasteiger partial charge in [-0.1, -0.05) is 0 Å². The number of carbonyl (C=O) groups excluding carboxylic acids is 1. The number of alkyl halides is 3. The topological polar surface area (TPSA) is 50.8 Å². The van der Waals surface area contributed by atoms with Crippen molar-refractivity contribution in [1.29, 1.82) is 0 Å². The van der Waals surface area contributed by atoms with Gasteiger partial charge in [-0.3, -0.25) is 0 Å². The Kier molecular flexibility index (Phi) is 4.04. The molecule has 0 aliphatic carbocycles. The van der Waals surface area contributed by atoms with Gasteiger partial charge in [-0.25, -0.2) is 4.79 Å². The highest BCUT2D eigenvalue weighted by molar-refractivity contribution is 5.70. The number of nitrogens with one attached hydrogen (secondary N) is 1. The highest BCUT2D eigenvalue weighted by Gasteiger charge is 2.47. The molecule has 1 atom stereocenters. The first-order valence-electron chi connectivity index (χ1n) is 8.10. The molecule has 2 heterocycles. The predicted molar refractivity (Wildman–Crippen MR) is 85.7 cm³/mol. The van der Waals surface area contributed by atoms with Crippen LogP contribution >= 0.6 is 0 Å².